The van der Waals surface area contributed by atoms with Crippen LogP contribution in [-0.4, -0.2) is 29.1 Å². The second-order valence-corrected chi connectivity index (χ2v) is 6.03. The van der Waals surface area contributed by atoms with Gasteiger partial charge in [-0.25, -0.2) is 0 Å². The molecule has 0 saturated carbocycles. The molecular weight excluding hydrogens is 308 g/mol. The average Bonchev–Trinajstić information content (AvgIpc) is 2.35. The van der Waals surface area contributed by atoms with Gasteiger partial charge < -0.3 is 10.4 Å². The molecule has 1 heterocycles. The molecule has 0 aliphatic heterocycles. The van der Waals surface area contributed by atoms with Crippen LogP contribution in [0.1, 0.15) is 37.0 Å². The molecule has 5 heteroatoms. The Morgan fingerprint density at radius 1 is 1.47 bits per heavy atom. The summed E-state index contributed by atoms with van der Waals surface area (Å²) in [5.74, 6) is 0.746. The SMILES string of the molecule is CC(C)CC(CCO)CNC(=O)c1cncc(Br)c1. The van der Waals surface area contributed by atoms with Crippen LogP contribution in [0.4, 0.5) is 0 Å². The predicted molar refractivity (Wildman–Crippen MR) is 78.9 cm³/mol. The first-order valence-electron chi connectivity index (χ1n) is 6.52. The maximum Gasteiger partial charge on any atom is 0.252 e. The molecule has 1 rings (SSSR count). The molecule has 0 spiro atoms. The quantitative estimate of drug-likeness (QED) is 0.808. The van der Waals surface area contributed by atoms with Crippen LogP contribution < -0.4 is 5.32 Å². The highest BCUT2D eigenvalue weighted by atomic mass is 79.9. The molecule has 19 heavy (non-hydrogen) atoms. The van der Waals surface area contributed by atoms with E-state index in [0.717, 1.165) is 17.3 Å². The van der Waals surface area contributed by atoms with Crippen molar-refractivity contribution in [3.63, 3.8) is 0 Å². The van der Waals surface area contributed by atoms with E-state index in [9.17, 15) is 4.79 Å². The number of aliphatic hydroxyl groups is 1. The molecule has 2 N–H and O–H groups in total. The molecule has 0 radical (unpaired) electrons. The lowest BCUT2D eigenvalue weighted by Gasteiger charge is -2.18. The predicted octanol–water partition coefficient (Wildman–Crippen LogP) is 2.62. The van der Waals surface area contributed by atoms with Gasteiger partial charge in [-0.3, -0.25) is 9.78 Å². The highest BCUT2D eigenvalue weighted by molar-refractivity contribution is 9.10. The third-order valence-corrected chi connectivity index (χ3v) is 3.29. The van der Waals surface area contributed by atoms with Gasteiger partial charge in [0.25, 0.3) is 5.91 Å². The van der Waals surface area contributed by atoms with E-state index in [1.165, 1.54) is 0 Å². The molecule has 0 aliphatic rings. The van der Waals surface area contributed by atoms with Gasteiger partial charge in [0.1, 0.15) is 0 Å². The number of hydrogen-bond donors (Lipinski definition) is 2. The van der Waals surface area contributed by atoms with Gasteiger partial charge in [-0.05, 0) is 46.7 Å². The van der Waals surface area contributed by atoms with Gasteiger partial charge in [-0.15, -0.1) is 0 Å². The third-order valence-electron chi connectivity index (χ3n) is 2.86. The summed E-state index contributed by atoms with van der Waals surface area (Å²) >= 11 is 3.29. The molecule has 0 bridgehead atoms. The minimum absolute atomic E-state index is 0.125. The Bertz CT molecular complexity index is 410. The second kappa shape index (κ2) is 8.27. The zero-order valence-corrected chi connectivity index (χ0v) is 13.0. The lowest BCUT2D eigenvalue weighted by molar-refractivity contribution is 0.0941. The zero-order valence-electron chi connectivity index (χ0n) is 11.4. The first kappa shape index (κ1) is 16.1. The van der Waals surface area contributed by atoms with E-state index in [1.807, 2.05) is 0 Å². The molecule has 1 amide bonds. The monoisotopic (exact) mass is 328 g/mol. The summed E-state index contributed by atoms with van der Waals surface area (Å²) in [6, 6.07) is 1.74. The molecule has 4 nitrogen and oxygen atoms in total. The van der Waals surface area contributed by atoms with Crippen molar-refractivity contribution in [2.75, 3.05) is 13.2 Å². The van der Waals surface area contributed by atoms with Crippen LogP contribution in [0.25, 0.3) is 0 Å². The Balaban J connectivity index is 2.51. The van der Waals surface area contributed by atoms with Crippen LogP contribution >= 0.6 is 15.9 Å². The number of rotatable bonds is 7. The number of hydrogen-bond acceptors (Lipinski definition) is 3. The van der Waals surface area contributed by atoms with Crippen molar-refractivity contribution >= 4 is 21.8 Å². The van der Waals surface area contributed by atoms with Gasteiger partial charge in [0.2, 0.25) is 0 Å². The largest absolute Gasteiger partial charge is 0.396 e. The van der Waals surface area contributed by atoms with Gasteiger partial charge in [0.05, 0.1) is 5.56 Å². The Labute approximate surface area is 122 Å². The summed E-state index contributed by atoms with van der Waals surface area (Å²) in [5, 5.41) is 11.9. The highest BCUT2D eigenvalue weighted by Crippen LogP contribution is 2.15. The van der Waals surface area contributed by atoms with Crippen LogP contribution in [0.5, 0.6) is 0 Å². The van der Waals surface area contributed by atoms with E-state index in [0.29, 0.717) is 23.9 Å². The number of pyridine rings is 1. The number of aliphatic hydroxyl groups excluding tert-OH is 1. The summed E-state index contributed by atoms with van der Waals surface area (Å²) in [4.78, 5) is 15.9. The van der Waals surface area contributed by atoms with Crippen molar-refractivity contribution in [3.05, 3.63) is 28.5 Å². The van der Waals surface area contributed by atoms with E-state index in [2.05, 4.69) is 40.1 Å². The first-order chi connectivity index (χ1) is 9.02. The lowest BCUT2D eigenvalue weighted by Crippen LogP contribution is -2.30. The van der Waals surface area contributed by atoms with E-state index < -0.39 is 0 Å². The molecule has 0 saturated heterocycles. The summed E-state index contributed by atoms with van der Waals surface area (Å²) < 4.78 is 0.786. The summed E-state index contributed by atoms with van der Waals surface area (Å²) in [5.41, 5.74) is 0.543. The maximum absolute atomic E-state index is 12.0. The molecule has 1 aromatic heterocycles. The zero-order chi connectivity index (χ0) is 14.3. The minimum Gasteiger partial charge on any atom is -0.396 e. The Hall–Kier alpha value is -0.940. The van der Waals surface area contributed by atoms with Gasteiger partial charge in [0.15, 0.2) is 0 Å². The lowest BCUT2D eigenvalue weighted by atomic mass is 9.94. The van der Waals surface area contributed by atoms with Gasteiger partial charge in [0, 0.05) is 30.0 Å². The van der Waals surface area contributed by atoms with Gasteiger partial charge >= 0.3 is 0 Å². The molecule has 0 aliphatic carbocycles. The van der Waals surface area contributed by atoms with Crippen LogP contribution in [0.15, 0.2) is 22.9 Å². The standard InChI is InChI=1S/C14H21BrN2O2/c1-10(2)5-11(3-4-18)7-17-14(19)12-6-13(15)9-16-8-12/h6,8-11,18H,3-5,7H2,1-2H3,(H,17,19). The van der Waals surface area contributed by atoms with E-state index in [1.54, 1.807) is 18.5 Å². The number of nitrogens with one attached hydrogen (secondary N) is 1. The first-order valence-corrected chi connectivity index (χ1v) is 7.31. The van der Waals surface area contributed by atoms with Crippen LogP contribution in [-0.2, 0) is 0 Å². The summed E-state index contributed by atoms with van der Waals surface area (Å²) in [6.45, 7) is 5.03. The Kier molecular flexibility index (Phi) is 7.02. The van der Waals surface area contributed by atoms with Crippen LogP contribution in [0.3, 0.4) is 0 Å². The number of nitrogens with zero attached hydrogens (tertiary/aromatic N) is 1. The van der Waals surface area contributed by atoms with Crippen molar-refractivity contribution in [2.45, 2.75) is 26.7 Å². The van der Waals surface area contributed by atoms with Crippen LogP contribution in [0, 0.1) is 11.8 Å². The smallest absolute Gasteiger partial charge is 0.252 e. The van der Waals surface area contributed by atoms with E-state index >= 15 is 0 Å². The molecule has 1 aromatic rings. The molecule has 106 valence electrons. The number of aromatic nitrogens is 1. The molecule has 1 atom stereocenters. The highest BCUT2D eigenvalue weighted by Gasteiger charge is 2.13. The van der Waals surface area contributed by atoms with Crippen molar-refractivity contribution in [1.29, 1.82) is 0 Å². The fourth-order valence-electron chi connectivity index (χ4n) is 2.03. The average molecular weight is 329 g/mol. The minimum atomic E-state index is -0.125. The van der Waals surface area contributed by atoms with Crippen molar-refractivity contribution in [3.8, 4) is 0 Å². The Morgan fingerprint density at radius 2 is 2.21 bits per heavy atom. The summed E-state index contributed by atoms with van der Waals surface area (Å²) in [6.07, 6.45) is 4.90. The van der Waals surface area contributed by atoms with Crippen molar-refractivity contribution in [2.24, 2.45) is 11.8 Å². The fraction of sp³-hybridized carbons (Fsp3) is 0.571. The molecule has 0 aromatic carbocycles. The molecule has 0 fully saturated rings. The van der Waals surface area contributed by atoms with Crippen LogP contribution in [0.2, 0.25) is 0 Å². The number of carbonyl (C=O) groups is 1. The number of halogens is 1. The van der Waals surface area contributed by atoms with Crippen molar-refractivity contribution in [1.82, 2.24) is 10.3 Å². The van der Waals surface area contributed by atoms with E-state index in [-0.39, 0.29) is 12.5 Å². The number of amides is 1. The topological polar surface area (TPSA) is 62.2 Å². The third kappa shape index (κ3) is 6.16. The number of carbonyl (C=O) groups excluding carboxylic acids is 1. The molecular formula is C14H21BrN2O2. The molecule has 1 unspecified atom stereocenters. The van der Waals surface area contributed by atoms with Gasteiger partial charge in [-0.1, -0.05) is 13.8 Å². The normalized spacial score (nSPS) is 12.5. The Morgan fingerprint density at radius 3 is 2.79 bits per heavy atom. The van der Waals surface area contributed by atoms with Crippen molar-refractivity contribution < 1.29 is 9.90 Å². The van der Waals surface area contributed by atoms with Gasteiger partial charge in [-0.2, -0.15) is 0 Å². The maximum atomic E-state index is 12.0. The fourth-order valence-corrected chi connectivity index (χ4v) is 2.39. The van der Waals surface area contributed by atoms with E-state index in [4.69, 9.17) is 5.11 Å². The summed E-state index contributed by atoms with van der Waals surface area (Å²) in [7, 11) is 0. The second-order valence-electron chi connectivity index (χ2n) is 5.11.